The molecule has 0 heterocycles. The summed E-state index contributed by atoms with van der Waals surface area (Å²) in [5.41, 5.74) is 0. The van der Waals surface area contributed by atoms with Gasteiger partial charge in [0.05, 0.1) is 5.92 Å². The number of carbonyl (C=O) groups is 6. The minimum Gasteiger partial charge on any atom is -0.446 e. The molecule has 2 saturated carbocycles. The summed E-state index contributed by atoms with van der Waals surface area (Å²) >= 11 is 0. The molecule has 0 aromatic carbocycles. The van der Waals surface area contributed by atoms with E-state index in [1.807, 2.05) is 0 Å². The van der Waals surface area contributed by atoms with E-state index in [1.54, 1.807) is 0 Å². The monoisotopic (exact) mass is 338 g/mol. The van der Waals surface area contributed by atoms with E-state index in [-0.39, 0.29) is 38.5 Å². The Balaban J connectivity index is 1.76. The van der Waals surface area contributed by atoms with E-state index in [1.165, 1.54) is 6.92 Å². The summed E-state index contributed by atoms with van der Waals surface area (Å²) in [7, 11) is 0. The highest BCUT2D eigenvalue weighted by Crippen LogP contribution is 2.19. The van der Waals surface area contributed by atoms with Gasteiger partial charge in [0.25, 0.3) is 0 Å². The molecule has 0 saturated heterocycles. The third-order valence-electron chi connectivity index (χ3n) is 4.07. The largest absolute Gasteiger partial charge is 0.446 e. The first-order valence-electron chi connectivity index (χ1n) is 7.80. The fourth-order valence-corrected chi connectivity index (χ4v) is 2.51. The second kappa shape index (κ2) is 7.46. The van der Waals surface area contributed by atoms with Crippen molar-refractivity contribution in [1.29, 1.82) is 0 Å². The molecule has 0 spiro atoms. The maximum Gasteiger partial charge on any atom is 0.309 e. The van der Waals surface area contributed by atoms with Crippen molar-refractivity contribution in [2.45, 2.75) is 57.7 Å². The molecule has 0 aliphatic heterocycles. The van der Waals surface area contributed by atoms with Crippen LogP contribution in [-0.4, -0.2) is 47.3 Å². The maximum absolute atomic E-state index is 11.9. The maximum atomic E-state index is 11.9. The predicted molar refractivity (Wildman–Crippen MR) is 76.7 cm³/mol. The van der Waals surface area contributed by atoms with Crippen LogP contribution in [0.2, 0.25) is 0 Å². The molecular formula is C16H18O8. The molecule has 2 aliphatic carbocycles. The first kappa shape index (κ1) is 18.0. The first-order chi connectivity index (χ1) is 11.3. The SMILES string of the molecule is CC(CCC(=O)OC1C(=O)CCC1=O)C(=O)OC1C(=O)CCC1=O. The number of hydrogen-bond donors (Lipinski definition) is 0. The molecule has 2 rings (SSSR count). The second-order valence-corrected chi connectivity index (χ2v) is 5.99. The van der Waals surface area contributed by atoms with E-state index >= 15 is 0 Å². The Kier molecular flexibility index (Phi) is 5.58. The van der Waals surface area contributed by atoms with Gasteiger partial charge in [0.2, 0.25) is 12.2 Å². The lowest BCUT2D eigenvalue weighted by Crippen LogP contribution is -2.31. The van der Waals surface area contributed by atoms with Crippen LogP contribution < -0.4 is 0 Å². The van der Waals surface area contributed by atoms with Gasteiger partial charge >= 0.3 is 11.9 Å². The van der Waals surface area contributed by atoms with Crippen molar-refractivity contribution < 1.29 is 38.2 Å². The van der Waals surface area contributed by atoms with E-state index in [4.69, 9.17) is 9.47 Å². The second-order valence-electron chi connectivity index (χ2n) is 5.99. The summed E-state index contributed by atoms with van der Waals surface area (Å²) < 4.78 is 9.73. The van der Waals surface area contributed by atoms with Gasteiger partial charge < -0.3 is 9.47 Å². The Labute approximate surface area is 137 Å². The van der Waals surface area contributed by atoms with Gasteiger partial charge in [0.15, 0.2) is 23.1 Å². The van der Waals surface area contributed by atoms with Crippen molar-refractivity contribution in [2.24, 2.45) is 5.92 Å². The summed E-state index contributed by atoms with van der Waals surface area (Å²) in [6.07, 6.45) is -2.50. The Morgan fingerprint density at radius 1 is 0.875 bits per heavy atom. The minimum absolute atomic E-state index is 0.0574. The zero-order valence-electron chi connectivity index (χ0n) is 13.2. The van der Waals surface area contributed by atoms with Crippen LogP contribution in [-0.2, 0) is 38.2 Å². The van der Waals surface area contributed by atoms with E-state index in [2.05, 4.69) is 0 Å². The van der Waals surface area contributed by atoms with E-state index in [0.29, 0.717) is 0 Å². The molecule has 0 aromatic rings. The standard InChI is InChI=1S/C16H18O8/c1-8(16(22)24-15-11(19)5-6-12(15)20)2-7-13(21)23-14-9(17)3-4-10(14)18/h8,14-15H,2-7H2,1H3. The van der Waals surface area contributed by atoms with Gasteiger partial charge in [-0.15, -0.1) is 0 Å². The molecule has 0 aromatic heterocycles. The van der Waals surface area contributed by atoms with Gasteiger partial charge in [0.1, 0.15) is 0 Å². The Hall–Kier alpha value is -2.38. The lowest BCUT2D eigenvalue weighted by Gasteiger charge is -2.14. The topological polar surface area (TPSA) is 121 Å². The molecule has 1 atom stereocenters. The summed E-state index contributed by atoms with van der Waals surface area (Å²) in [4.78, 5) is 69.2. The Morgan fingerprint density at radius 3 is 1.75 bits per heavy atom. The number of esters is 2. The van der Waals surface area contributed by atoms with E-state index in [9.17, 15) is 28.8 Å². The lowest BCUT2D eigenvalue weighted by atomic mass is 10.1. The predicted octanol–water partition coefficient (Wildman–Crippen LogP) is 0.0903. The van der Waals surface area contributed by atoms with Gasteiger partial charge in [-0.2, -0.15) is 0 Å². The summed E-state index contributed by atoms with van der Waals surface area (Å²) in [5, 5.41) is 0. The highest BCUT2D eigenvalue weighted by Gasteiger charge is 2.38. The van der Waals surface area contributed by atoms with Gasteiger partial charge in [0, 0.05) is 32.1 Å². The molecule has 0 N–H and O–H groups in total. The fraction of sp³-hybridized carbons (Fsp3) is 0.625. The minimum atomic E-state index is -1.33. The third kappa shape index (κ3) is 4.12. The van der Waals surface area contributed by atoms with Crippen molar-refractivity contribution in [1.82, 2.24) is 0 Å². The molecule has 24 heavy (non-hydrogen) atoms. The molecule has 0 radical (unpaired) electrons. The third-order valence-corrected chi connectivity index (χ3v) is 4.07. The molecule has 130 valence electrons. The molecule has 0 amide bonds. The quantitative estimate of drug-likeness (QED) is 0.493. The summed E-state index contributed by atoms with van der Waals surface area (Å²) in [6.45, 7) is 1.49. The van der Waals surface area contributed by atoms with Gasteiger partial charge in [-0.25, -0.2) is 0 Å². The number of Topliss-reactive ketones (excluding diaryl/α,β-unsaturated/α-hetero) is 4. The summed E-state index contributed by atoms with van der Waals surface area (Å²) in [6, 6.07) is 0. The number of rotatable bonds is 6. The number of ether oxygens (including phenoxy) is 2. The van der Waals surface area contributed by atoms with Crippen LogP contribution in [0.15, 0.2) is 0 Å². The van der Waals surface area contributed by atoms with Crippen LogP contribution in [0.25, 0.3) is 0 Å². The van der Waals surface area contributed by atoms with Gasteiger partial charge in [-0.3, -0.25) is 28.8 Å². The van der Waals surface area contributed by atoms with Crippen molar-refractivity contribution in [3.8, 4) is 0 Å². The molecule has 1 unspecified atom stereocenters. The Bertz CT molecular complexity index is 573. The van der Waals surface area contributed by atoms with Crippen LogP contribution >= 0.6 is 0 Å². The Morgan fingerprint density at radius 2 is 1.29 bits per heavy atom. The van der Waals surface area contributed by atoms with Crippen LogP contribution in [0.3, 0.4) is 0 Å². The smallest absolute Gasteiger partial charge is 0.309 e. The first-order valence-corrected chi connectivity index (χ1v) is 7.80. The number of carbonyl (C=O) groups excluding carboxylic acids is 6. The molecule has 2 fully saturated rings. The summed E-state index contributed by atoms with van der Waals surface area (Å²) in [5.74, 6) is -3.90. The molecule has 2 aliphatic rings. The lowest BCUT2D eigenvalue weighted by molar-refractivity contribution is -0.162. The average Bonchev–Trinajstić information content (AvgIpc) is 3.02. The van der Waals surface area contributed by atoms with Gasteiger partial charge in [-0.1, -0.05) is 6.92 Å². The van der Waals surface area contributed by atoms with Crippen molar-refractivity contribution in [3.05, 3.63) is 0 Å². The fourth-order valence-electron chi connectivity index (χ4n) is 2.51. The van der Waals surface area contributed by atoms with Gasteiger partial charge in [-0.05, 0) is 6.42 Å². The number of hydrogen-bond acceptors (Lipinski definition) is 8. The molecule has 8 heteroatoms. The molecular weight excluding hydrogens is 320 g/mol. The zero-order chi connectivity index (χ0) is 17.9. The highest BCUT2D eigenvalue weighted by atomic mass is 16.6. The average molecular weight is 338 g/mol. The highest BCUT2D eigenvalue weighted by molar-refractivity contribution is 6.13. The van der Waals surface area contributed by atoms with Crippen molar-refractivity contribution in [2.75, 3.05) is 0 Å². The van der Waals surface area contributed by atoms with Crippen LogP contribution in [0.5, 0.6) is 0 Å². The van der Waals surface area contributed by atoms with Crippen LogP contribution in [0, 0.1) is 5.92 Å². The number of ketones is 4. The van der Waals surface area contributed by atoms with Crippen molar-refractivity contribution in [3.63, 3.8) is 0 Å². The van der Waals surface area contributed by atoms with E-state index < -0.39 is 53.2 Å². The van der Waals surface area contributed by atoms with Crippen LogP contribution in [0.1, 0.15) is 45.4 Å². The zero-order valence-corrected chi connectivity index (χ0v) is 13.2. The van der Waals surface area contributed by atoms with Crippen LogP contribution in [0.4, 0.5) is 0 Å². The van der Waals surface area contributed by atoms with E-state index in [0.717, 1.165) is 0 Å². The van der Waals surface area contributed by atoms with Crippen molar-refractivity contribution >= 4 is 35.1 Å². The normalized spacial score (nSPS) is 20.5. The molecule has 0 bridgehead atoms. The molecule has 8 nitrogen and oxygen atoms in total.